The van der Waals surface area contributed by atoms with Gasteiger partial charge in [0.05, 0.1) is 11.6 Å². The van der Waals surface area contributed by atoms with Crippen LogP contribution in [-0.4, -0.2) is 12.6 Å². The molecule has 0 spiro atoms. The van der Waals surface area contributed by atoms with Crippen molar-refractivity contribution in [3.05, 3.63) is 63.7 Å². The quantitative estimate of drug-likeness (QED) is 0.391. The molecule has 3 aromatic rings. The Morgan fingerprint density at radius 3 is 2.79 bits per heavy atom. The Labute approximate surface area is 152 Å². The van der Waals surface area contributed by atoms with Crippen LogP contribution < -0.4 is 0 Å². The number of rotatable bonds is 5. The number of thioether (sulfide) groups is 1. The monoisotopic (exact) mass is 380 g/mol. The summed E-state index contributed by atoms with van der Waals surface area (Å²) in [5.41, 5.74) is 0.663. The molecule has 0 radical (unpaired) electrons. The molecule has 2 nitrogen and oxygen atoms in total. The lowest BCUT2D eigenvalue weighted by Gasteiger charge is -2.06. The van der Waals surface area contributed by atoms with Crippen molar-refractivity contribution in [2.75, 3.05) is 6.61 Å². The van der Waals surface area contributed by atoms with E-state index in [2.05, 4.69) is 0 Å². The van der Waals surface area contributed by atoms with Crippen LogP contribution in [-0.2, 0) is 10.5 Å². The fourth-order valence-corrected chi connectivity index (χ4v) is 4.87. The minimum Gasteiger partial charge on any atom is -0.462 e. The zero-order chi connectivity index (χ0) is 17.1. The van der Waals surface area contributed by atoms with Gasteiger partial charge >= 0.3 is 5.97 Å². The van der Waals surface area contributed by atoms with E-state index in [0.29, 0.717) is 26.6 Å². The minimum atomic E-state index is -0.409. The zero-order valence-electron chi connectivity index (χ0n) is 12.8. The summed E-state index contributed by atoms with van der Waals surface area (Å²) in [5, 5.41) is 1.13. The lowest BCUT2D eigenvalue weighted by atomic mass is 10.1. The molecule has 24 heavy (non-hydrogen) atoms. The van der Waals surface area contributed by atoms with Gasteiger partial charge in [-0.2, -0.15) is 0 Å². The van der Waals surface area contributed by atoms with E-state index < -0.39 is 5.97 Å². The Morgan fingerprint density at radius 2 is 2.04 bits per heavy atom. The summed E-state index contributed by atoms with van der Waals surface area (Å²) in [6.07, 6.45) is 0. The number of halogens is 2. The highest BCUT2D eigenvalue weighted by atomic mass is 35.5. The molecule has 0 aliphatic heterocycles. The third-order valence-corrected chi connectivity index (χ3v) is 6.15. The average Bonchev–Trinajstić information content (AvgIpc) is 2.94. The number of hydrogen-bond donors (Lipinski definition) is 0. The van der Waals surface area contributed by atoms with Crippen molar-refractivity contribution in [2.24, 2.45) is 0 Å². The van der Waals surface area contributed by atoms with Crippen LogP contribution in [0, 0.1) is 5.82 Å². The summed E-state index contributed by atoms with van der Waals surface area (Å²) in [7, 11) is 0. The van der Waals surface area contributed by atoms with E-state index >= 15 is 0 Å². The lowest BCUT2D eigenvalue weighted by molar-refractivity contribution is 0.0531. The predicted octanol–water partition coefficient (Wildman–Crippen LogP) is 6.16. The summed E-state index contributed by atoms with van der Waals surface area (Å²) in [6.45, 7) is 2.04. The molecular formula is C18H14ClFO2S2. The molecular weight excluding hydrogens is 367 g/mol. The molecule has 1 heterocycles. The highest BCUT2D eigenvalue weighted by Gasteiger charge is 2.22. The van der Waals surface area contributed by atoms with Gasteiger partial charge in [-0.25, -0.2) is 9.18 Å². The van der Waals surface area contributed by atoms with Crippen molar-refractivity contribution in [3.63, 3.8) is 0 Å². The predicted molar refractivity (Wildman–Crippen MR) is 98.8 cm³/mol. The van der Waals surface area contributed by atoms with E-state index in [1.807, 2.05) is 30.3 Å². The topological polar surface area (TPSA) is 26.3 Å². The summed E-state index contributed by atoms with van der Waals surface area (Å²) < 4.78 is 20.2. The Balaban J connectivity index is 2.02. The SMILES string of the molecule is CCOC(=O)c1sc2cccc(F)c2c1CSc1ccccc1Cl. The fraction of sp³-hybridized carbons (Fsp3) is 0.167. The van der Waals surface area contributed by atoms with Crippen LogP contribution >= 0.6 is 34.7 Å². The molecule has 6 heteroatoms. The van der Waals surface area contributed by atoms with Gasteiger partial charge in [0.1, 0.15) is 10.7 Å². The zero-order valence-corrected chi connectivity index (χ0v) is 15.2. The molecule has 0 saturated carbocycles. The van der Waals surface area contributed by atoms with Crippen molar-refractivity contribution in [1.82, 2.24) is 0 Å². The number of esters is 1. The van der Waals surface area contributed by atoms with Gasteiger partial charge in [0, 0.05) is 20.7 Å². The van der Waals surface area contributed by atoms with Crippen LogP contribution in [0.1, 0.15) is 22.2 Å². The minimum absolute atomic E-state index is 0.284. The first-order valence-corrected chi connectivity index (χ1v) is 9.54. The van der Waals surface area contributed by atoms with Gasteiger partial charge in [-0.05, 0) is 36.8 Å². The second-order valence-corrected chi connectivity index (χ2v) is 7.44. The maximum absolute atomic E-state index is 14.3. The molecule has 0 saturated heterocycles. The van der Waals surface area contributed by atoms with Crippen molar-refractivity contribution in [3.8, 4) is 0 Å². The molecule has 0 fully saturated rings. The van der Waals surface area contributed by atoms with Crippen molar-refractivity contribution >= 4 is 50.8 Å². The van der Waals surface area contributed by atoms with Crippen LogP contribution in [0.5, 0.6) is 0 Å². The first kappa shape index (κ1) is 17.3. The molecule has 0 amide bonds. The van der Waals surface area contributed by atoms with E-state index in [4.69, 9.17) is 16.3 Å². The standard InChI is InChI=1S/C18H14ClFO2S2/c1-2-22-18(21)17-11(10-23-14-8-4-3-6-12(14)19)16-13(20)7-5-9-15(16)24-17/h3-9H,2,10H2,1H3. The number of thiophene rings is 1. The van der Waals surface area contributed by atoms with Gasteiger partial charge in [0.25, 0.3) is 0 Å². The second-order valence-electron chi connectivity index (χ2n) is 4.96. The number of carbonyl (C=O) groups is 1. The summed E-state index contributed by atoms with van der Waals surface area (Å²) in [5.74, 6) is -0.291. The first-order chi connectivity index (χ1) is 11.6. The largest absolute Gasteiger partial charge is 0.462 e. The normalized spacial score (nSPS) is 11.0. The van der Waals surface area contributed by atoms with Gasteiger partial charge < -0.3 is 4.74 Å². The molecule has 0 N–H and O–H groups in total. The highest BCUT2D eigenvalue weighted by molar-refractivity contribution is 7.98. The highest BCUT2D eigenvalue weighted by Crippen LogP contribution is 2.38. The van der Waals surface area contributed by atoms with E-state index in [0.717, 1.165) is 9.60 Å². The Morgan fingerprint density at radius 1 is 1.25 bits per heavy atom. The van der Waals surface area contributed by atoms with E-state index in [1.165, 1.54) is 29.2 Å². The van der Waals surface area contributed by atoms with Gasteiger partial charge in [-0.3, -0.25) is 0 Å². The third kappa shape index (κ3) is 3.43. The van der Waals surface area contributed by atoms with Gasteiger partial charge in [0.15, 0.2) is 0 Å². The molecule has 0 aliphatic rings. The smallest absolute Gasteiger partial charge is 0.348 e. The van der Waals surface area contributed by atoms with Gasteiger partial charge in [0.2, 0.25) is 0 Å². The fourth-order valence-electron chi connectivity index (χ4n) is 2.38. The summed E-state index contributed by atoms with van der Waals surface area (Å²) in [6, 6.07) is 12.3. The number of benzene rings is 2. The molecule has 0 unspecified atom stereocenters. The maximum atomic E-state index is 14.3. The van der Waals surface area contributed by atoms with Crippen molar-refractivity contribution in [2.45, 2.75) is 17.6 Å². The molecule has 0 bridgehead atoms. The van der Waals surface area contributed by atoms with Crippen molar-refractivity contribution in [1.29, 1.82) is 0 Å². The van der Waals surface area contributed by atoms with E-state index in [-0.39, 0.29) is 12.4 Å². The Kier molecular flexibility index (Phi) is 5.43. The number of carbonyl (C=O) groups excluding carboxylic acids is 1. The number of fused-ring (bicyclic) bond motifs is 1. The molecule has 124 valence electrons. The van der Waals surface area contributed by atoms with Crippen LogP contribution in [0.2, 0.25) is 5.02 Å². The van der Waals surface area contributed by atoms with E-state index in [1.54, 1.807) is 13.0 Å². The average molecular weight is 381 g/mol. The number of hydrogen-bond acceptors (Lipinski definition) is 4. The molecule has 1 aromatic heterocycles. The van der Waals surface area contributed by atoms with E-state index in [9.17, 15) is 9.18 Å². The number of ether oxygens (including phenoxy) is 1. The van der Waals surface area contributed by atoms with Crippen LogP contribution in [0.15, 0.2) is 47.4 Å². The molecule has 0 aliphatic carbocycles. The maximum Gasteiger partial charge on any atom is 0.348 e. The summed E-state index contributed by atoms with van der Waals surface area (Å²) in [4.78, 5) is 13.6. The van der Waals surface area contributed by atoms with Crippen molar-refractivity contribution < 1.29 is 13.9 Å². The third-order valence-electron chi connectivity index (χ3n) is 3.43. The van der Waals surface area contributed by atoms with Gasteiger partial charge in [-0.15, -0.1) is 23.1 Å². The van der Waals surface area contributed by atoms with Crippen LogP contribution in [0.3, 0.4) is 0 Å². The Hall–Kier alpha value is -1.56. The summed E-state index contributed by atoms with van der Waals surface area (Å²) >= 11 is 8.92. The van der Waals surface area contributed by atoms with Gasteiger partial charge in [-0.1, -0.05) is 29.8 Å². The first-order valence-electron chi connectivity index (χ1n) is 7.36. The molecule has 2 aromatic carbocycles. The molecule has 0 atom stereocenters. The Bertz CT molecular complexity index is 892. The second kappa shape index (κ2) is 7.55. The van der Waals surface area contributed by atoms with Crippen LogP contribution in [0.25, 0.3) is 10.1 Å². The molecule has 3 rings (SSSR count). The lowest BCUT2D eigenvalue weighted by Crippen LogP contribution is -2.05. The van der Waals surface area contributed by atoms with Crippen LogP contribution in [0.4, 0.5) is 4.39 Å².